The Hall–Kier alpha value is -0.640. The third-order valence-electron chi connectivity index (χ3n) is 1.59. The first-order valence-electron chi connectivity index (χ1n) is 3.80. The van der Waals surface area contributed by atoms with Crippen LogP contribution in [0.1, 0.15) is 5.56 Å². The van der Waals surface area contributed by atoms with Crippen LogP contribution in [0.25, 0.3) is 0 Å². The highest BCUT2D eigenvalue weighted by molar-refractivity contribution is 9.09. The number of hydrogen-bond acceptors (Lipinski definition) is 3. The quantitative estimate of drug-likeness (QED) is 0.739. The monoisotopic (exact) mass is 229 g/mol. The minimum Gasteiger partial charge on any atom is -0.357 e. The Morgan fingerprint density at radius 1 is 1.58 bits per heavy atom. The molecule has 1 aromatic rings. The van der Waals surface area contributed by atoms with Gasteiger partial charge in [0.25, 0.3) is 0 Å². The molecular formula is C8H12BrN3. The normalized spacial score (nSPS) is 9.92. The summed E-state index contributed by atoms with van der Waals surface area (Å²) in [6.45, 7) is 2.96. The van der Waals surface area contributed by atoms with Gasteiger partial charge in [0.2, 0.25) is 0 Å². The third kappa shape index (κ3) is 2.44. The molecule has 1 heterocycles. The maximum atomic E-state index is 4.01. The van der Waals surface area contributed by atoms with Crippen LogP contribution < -0.4 is 4.90 Å². The fourth-order valence-corrected chi connectivity index (χ4v) is 1.41. The first-order chi connectivity index (χ1) is 5.74. The highest BCUT2D eigenvalue weighted by Crippen LogP contribution is 2.08. The lowest BCUT2D eigenvalue weighted by molar-refractivity contribution is 0.898. The summed E-state index contributed by atoms with van der Waals surface area (Å²) in [5.74, 6) is 0.925. The van der Waals surface area contributed by atoms with E-state index in [1.165, 1.54) is 0 Å². The van der Waals surface area contributed by atoms with Gasteiger partial charge in [-0.1, -0.05) is 15.9 Å². The Kier molecular flexibility index (Phi) is 3.47. The molecule has 0 unspecified atom stereocenters. The van der Waals surface area contributed by atoms with E-state index in [9.17, 15) is 0 Å². The van der Waals surface area contributed by atoms with Gasteiger partial charge in [-0.05, 0) is 18.6 Å². The van der Waals surface area contributed by atoms with Gasteiger partial charge in [0.15, 0.2) is 5.82 Å². The minimum atomic E-state index is 0.925. The van der Waals surface area contributed by atoms with Crippen molar-refractivity contribution in [2.75, 3.05) is 23.8 Å². The van der Waals surface area contributed by atoms with Crippen LogP contribution in [0.2, 0.25) is 0 Å². The van der Waals surface area contributed by atoms with Gasteiger partial charge in [-0.2, -0.15) is 5.10 Å². The summed E-state index contributed by atoms with van der Waals surface area (Å²) in [5, 5.41) is 8.84. The molecule has 1 aromatic heterocycles. The van der Waals surface area contributed by atoms with Crippen molar-refractivity contribution in [1.29, 1.82) is 0 Å². The van der Waals surface area contributed by atoms with Crippen molar-refractivity contribution in [3.05, 3.63) is 17.8 Å². The number of halogens is 1. The zero-order chi connectivity index (χ0) is 8.97. The molecule has 3 nitrogen and oxygen atoms in total. The Balaban J connectivity index is 2.73. The molecule has 0 N–H and O–H groups in total. The van der Waals surface area contributed by atoms with Crippen molar-refractivity contribution >= 4 is 21.7 Å². The summed E-state index contributed by atoms with van der Waals surface area (Å²) in [6, 6.07) is 2.02. The van der Waals surface area contributed by atoms with Crippen LogP contribution in [0.3, 0.4) is 0 Å². The third-order valence-corrected chi connectivity index (χ3v) is 1.94. The zero-order valence-corrected chi connectivity index (χ0v) is 8.87. The second kappa shape index (κ2) is 4.40. The molecule has 0 aliphatic heterocycles. The van der Waals surface area contributed by atoms with Gasteiger partial charge < -0.3 is 4.90 Å². The fraction of sp³-hybridized carbons (Fsp3) is 0.500. The van der Waals surface area contributed by atoms with Crippen LogP contribution >= 0.6 is 15.9 Å². The standard InChI is InChI=1S/C8H12BrN3/c1-7-5-8(11-10-6-7)12(2)4-3-9/h5-6H,3-4H2,1-2H3. The topological polar surface area (TPSA) is 29.0 Å². The lowest BCUT2D eigenvalue weighted by Gasteiger charge is -2.15. The van der Waals surface area contributed by atoms with Gasteiger partial charge >= 0.3 is 0 Å². The van der Waals surface area contributed by atoms with Crippen LogP contribution in [-0.4, -0.2) is 29.1 Å². The van der Waals surface area contributed by atoms with Crippen LogP contribution in [0, 0.1) is 6.92 Å². The first-order valence-corrected chi connectivity index (χ1v) is 4.92. The summed E-state index contributed by atoms with van der Waals surface area (Å²) in [5.41, 5.74) is 1.14. The molecular weight excluding hydrogens is 218 g/mol. The molecule has 0 aromatic carbocycles. The number of aromatic nitrogens is 2. The highest BCUT2D eigenvalue weighted by Gasteiger charge is 2.00. The number of hydrogen-bond donors (Lipinski definition) is 0. The average molecular weight is 230 g/mol. The number of alkyl halides is 1. The summed E-state index contributed by atoms with van der Waals surface area (Å²) in [4.78, 5) is 2.06. The van der Waals surface area contributed by atoms with E-state index in [-0.39, 0.29) is 0 Å². The fourth-order valence-electron chi connectivity index (χ4n) is 0.877. The summed E-state index contributed by atoms with van der Waals surface area (Å²) >= 11 is 3.38. The Morgan fingerprint density at radius 2 is 2.33 bits per heavy atom. The van der Waals surface area contributed by atoms with Gasteiger partial charge in [-0.25, -0.2) is 0 Å². The van der Waals surface area contributed by atoms with E-state index in [0.717, 1.165) is 23.3 Å². The van der Waals surface area contributed by atoms with E-state index in [1.807, 2.05) is 20.0 Å². The van der Waals surface area contributed by atoms with Gasteiger partial charge in [0, 0.05) is 18.9 Å². The van der Waals surface area contributed by atoms with E-state index >= 15 is 0 Å². The predicted octanol–water partition coefficient (Wildman–Crippen LogP) is 1.62. The Bertz CT molecular complexity index is 252. The lowest BCUT2D eigenvalue weighted by atomic mass is 10.3. The van der Waals surface area contributed by atoms with Crippen molar-refractivity contribution in [2.24, 2.45) is 0 Å². The molecule has 0 amide bonds. The highest BCUT2D eigenvalue weighted by atomic mass is 79.9. The predicted molar refractivity (Wildman–Crippen MR) is 53.8 cm³/mol. The summed E-state index contributed by atoms with van der Waals surface area (Å²) < 4.78 is 0. The first kappa shape index (κ1) is 9.45. The Labute approximate surface area is 80.9 Å². The second-order valence-corrected chi connectivity index (χ2v) is 3.49. The summed E-state index contributed by atoms with van der Waals surface area (Å²) in [7, 11) is 2.00. The van der Waals surface area contributed by atoms with Crippen LogP contribution in [0.15, 0.2) is 12.3 Å². The van der Waals surface area contributed by atoms with E-state index in [4.69, 9.17) is 0 Å². The number of aryl methyl sites for hydroxylation is 1. The molecule has 0 bridgehead atoms. The van der Waals surface area contributed by atoms with E-state index < -0.39 is 0 Å². The molecule has 0 radical (unpaired) electrons. The number of rotatable bonds is 3. The van der Waals surface area contributed by atoms with Crippen LogP contribution in [0.4, 0.5) is 5.82 Å². The average Bonchev–Trinajstić information content (AvgIpc) is 2.05. The zero-order valence-electron chi connectivity index (χ0n) is 7.29. The molecule has 1 rings (SSSR count). The van der Waals surface area contributed by atoms with Gasteiger partial charge in [0.1, 0.15) is 0 Å². The lowest BCUT2D eigenvalue weighted by Crippen LogP contribution is -2.20. The molecule has 0 fully saturated rings. The molecule has 0 spiro atoms. The van der Waals surface area contributed by atoms with E-state index in [2.05, 4.69) is 31.0 Å². The minimum absolute atomic E-state index is 0.925. The smallest absolute Gasteiger partial charge is 0.151 e. The molecule has 0 aliphatic carbocycles. The molecule has 0 atom stereocenters. The van der Waals surface area contributed by atoms with Gasteiger partial charge in [-0.15, -0.1) is 5.10 Å². The van der Waals surface area contributed by atoms with E-state index in [1.54, 1.807) is 6.20 Å². The van der Waals surface area contributed by atoms with Crippen LogP contribution in [-0.2, 0) is 0 Å². The summed E-state index contributed by atoms with van der Waals surface area (Å²) in [6.07, 6.45) is 1.76. The maximum Gasteiger partial charge on any atom is 0.151 e. The molecule has 0 saturated heterocycles. The van der Waals surface area contributed by atoms with Crippen molar-refractivity contribution in [1.82, 2.24) is 10.2 Å². The van der Waals surface area contributed by atoms with Crippen molar-refractivity contribution in [3.63, 3.8) is 0 Å². The molecule has 0 saturated carbocycles. The largest absolute Gasteiger partial charge is 0.357 e. The second-order valence-electron chi connectivity index (χ2n) is 2.70. The molecule has 12 heavy (non-hydrogen) atoms. The molecule has 0 aliphatic rings. The van der Waals surface area contributed by atoms with Crippen LogP contribution in [0.5, 0.6) is 0 Å². The van der Waals surface area contributed by atoms with Crippen molar-refractivity contribution < 1.29 is 0 Å². The molecule has 66 valence electrons. The maximum absolute atomic E-state index is 4.01. The van der Waals surface area contributed by atoms with E-state index in [0.29, 0.717) is 0 Å². The molecule has 4 heteroatoms. The van der Waals surface area contributed by atoms with Crippen molar-refractivity contribution in [3.8, 4) is 0 Å². The van der Waals surface area contributed by atoms with Gasteiger partial charge in [0.05, 0.1) is 6.20 Å². The SMILES string of the molecule is Cc1cnnc(N(C)CCBr)c1. The number of nitrogens with zero attached hydrogens (tertiary/aromatic N) is 3. The number of anilines is 1. The van der Waals surface area contributed by atoms with Gasteiger partial charge in [-0.3, -0.25) is 0 Å². The van der Waals surface area contributed by atoms with Crippen molar-refractivity contribution in [2.45, 2.75) is 6.92 Å². The Morgan fingerprint density at radius 3 is 2.92 bits per heavy atom.